The van der Waals surface area contributed by atoms with Crippen molar-refractivity contribution < 1.29 is 4.79 Å². The minimum absolute atomic E-state index is 0.197. The molecule has 3 aromatic rings. The van der Waals surface area contributed by atoms with Gasteiger partial charge in [0.25, 0.3) is 5.91 Å². The Morgan fingerprint density at radius 3 is 2.71 bits per heavy atom. The quantitative estimate of drug-likeness (QED) is 0.728. The third-order valence-corrected chi connectivity index (χ3v) is 6.00. The normalized spacial score (nSPS) is 20.6. The van der Waals surface area contributed by atoms with Gasteiger partial charge in [-0.25, -0.2) is 4.98 Å². The van der Waals surface area contributed by atoms with Crippen LogP contribution >= 0.6 is 0 Å². The van der Waals surface area contributed by atoms with Crippen molar-refractivity contribution in [2.75, 3.05) is 18.4 Å². The van der Waals surface area contributed by atoms with Gasteiger partial charge in [-0.2, -0.15) is 5.10 Å². The summed E-state index contributed by atoms with van der Waals surface area (Å²) in [5.41, 5.74) is 2.45. The standard InChI is InChI=1S/C21H26N6O/c28-20(18-11-13-26(25-18)16-8-5-12-22-14-16)24-21-23-17-9-3-4-10-19(17)27(21)15-6-1-2-7-15/h3-4,9-11,13,15-16,22H,1-2,5-8,12,14H2,(H,23,24,28). The number of carbonyl (C=O) groups excluding carboxylic acids is 1. The van der Waals surface area contributed by atoms with Crippen LogP contribution in [0.1, 0.15) is 61.1 Å². The molecule has 7 nitrogen and oxygen atoms in total. The smallest absolute Gasteiger partial charge is 0.278 e. The lowest BCUT2D eigenvalue weighted by Crippen LogP contribution is -2.32. The topological polar surface area (TPSA) is 76.8 Å². The molecule has 1 saturated carbocycles. The fourth-order valence-corrected chi connectivity index (χ4v) is 4.55. The van der Waals surface area contributed by atoms with Crippen LogP contribution in [-0.4, -0.2) is 38.3 Å². The van der Waals surface area contributed by atoms with Crippen LogP contribution in [-0.2, 0) is 0 Å². The minimum atomic E-state index is -0.197. The number of para-hydroxylation sites is 2. The number of amides is 1. The molecule has 0 spiro atoms. The number of hydrogen-bond acceptors (Lipinski definition) is 4. The number of carbonyl (C=O) groups is 1. The van der Waals surface area contributed by atoms with Gasteiger partial charge in [0.2, 0.25) is 5.95 Å². The van der Waals surface area contributed by atoms with Crippen LogP contribution in [0.15, 0.2) is 36.5 Å². The molecule has 1 aliphatic carbocycles. The monoisotopic (exact) mass is 378 g/mol. The highest BCUT2D eigenvalue weighted by atomic mass is 16.2. The highest BCUT2D eigenvalue weighted by molar-refractivity contribution is 6.02. The molecule has 0 radical (unpaired) electrons. The molecule has 146 valence electrons. The highest BCUT2D eigenvalue weighted by Crippen LogP contribution is 2.35. The summed E-state index contributed by atoms with van der Waals surface area (Å²) in [5.74, 6) is 0.434. The number of benzene rings is 1. The van der Waals surface area contributed by atoms with Gasteiger partial charge in [0.05, 0.1) is 17.1 Å². The highest BCUT2D eigenvalue weighted by Gasteiger charge is 2.24. The van der Waals surface area contributed by atoms with E-state index in [9.17, 15) is 4.79 Å². The molecule has 1 atom stereocenters. The first-order valence-corrected chi connectivity index (χ1v) is 10.3. The van der Waals surface area contributed by atoms with Crippen LogP contribution in [0.4, 0.5) is 5.95 Å². The van der Waals surface area contributed by atoms with Gasteiger partial charge in [-0.3, -0.25) is 14.8 Å². The second-order valence-corrected chi connectivity index (χ2v) is 7.87. The van der Waals surface area contributed by atoms with E-state index in [-0.39, 0.29) is 5.91 Å². The van der Waals surface area contributed by atoms with Gasteiger partial charge >= 0.3 is 0 Å². The molecule has 2 fully saturated rings. The number of imidazole rings is 1. The van der Waals surface area contributed by atoms with Crippen LogP contribution < -0.4 is 10.6 Å². The van der Waals surface area contributed by atoms with Crippen molar-refractivity contribution in [3.63, 3.8) is 0 Å². The molecule has 28 heavy (non-hydrogen) atoms. The second-order valence-electron chi connectivity index (χ2n) is 7.87. The summed E-state index contributed by atoms with van der Waals surface area (Å²) >= 11 is 0. The van der Waals surface area contributed by atoms with Crippen molar-refractivity contribution in [3.8, 4) is 0 Å². The SMILES string of the molecule is O=C(Nc1nc2ccccc2n1C1CCCC1)c1ccn(C2CCCNC2)n1. The van der Waals surface area contributed by atoms with Gasteiger partial charge in [0.15, 0.2) is 5.69 Å². The van der Waals surface area contributed by atoms with Crippen LogP contribution in [0.25, 0.3) is 11.0 Å². The van der Waals surface area contributed by atoms with Gasteiger partial charge in [-0.1, -0.05) is 25.0 Å². The predicted molar refractivity (Wildman–Crippen MR) is 109 cm³/mol. The summed E-state index contributed by atoms with van der Waals surface area (Å²) in [5, 5.41) is 11.0. The maximum Gasteiger partial charge on any atom is 0.278 e. The minimum Gasteiger partial charge on any atom is -0.315 e. The Morgan fingerprint density at radius 1 is 1.07 bits per heavy atom. The summed E-state index contributed by atoms with van der Waals surface area (Å²) in [4.78, 5) is 17.6. The first-order valence-electron chi connectivity index (χ1n) is 10.3. The summed E-state index contributed by atoms with van der Waals surface area (Å²) in [6.45, 7) is 1.96. The Morgan fingerprint density at radius 2 is 1.89 bits per heavy atom. The lowest BCUT2D eigenvalue weighted by atomic mass is 10.1. The third-order valence-electron chi connectivity index (χ3n) is 6.00. The first kappa shape index (κ1) is 17.4. The van der Waals surface area contributed by atoms with Crippen molar-refractivity contribution in [1.82, 2.24) is 24.6 Å². The van der Waals surface area contributed by atoms with E-state index in [4.69, 9.17) is 4.98 Å². The lowest BCUT2D eigenvalue weighted by molar-refractivity contribution is 0.101. The average molecular weight is 378 g/mol. The molecule has 1 amide bonds. The van der Waals surface area contributed by atoms with Crippen molar-refractivity contribution in [1.29, 1.82) is 0 Å². The largest absolute Gasteiger partial charge is 0.315 e. The Bertz CT molecular complexity index is 978. The van der Waals surface area contributed by atoms with Crippen LogP contribution in [0.5, 0.6) is 0 Å². The maximum absolute atomic E-state index is 12.9. The maximum atomic E-state index is 12.9. The van der Waals surface area contributed by atoms with Crippen molar-refractivity contribution >= 4 is 22.9 Å². The Labute approximate surface area is 164 Å². The van der Waals surface area contributed by atoms with E-state index in [1.165, 1.54) is 12.8 Å². The number of piperidine rings is 1. The Hall–Kier alpha value is -2.67. The van der Waals surface area contributed by atoms with E-state index in [2.05, 4.69) is 26.4 Å². The first-order chi connectivity index (χ1) is 13.8. The molecule has 1 aliphatic heterocycles. The molecule has 1 unspecified atom stereocenters. The van der Waals surface area contributed by atoms with E-state index in [1.807, 2.05) is 29.1 Å². The van der Waals surface area contributed by atoms with E-state index < -0.39 is 0 Å². The number of aromatic nitrogens is 4. The fraction of sp³-hybridized carbons (Fsp3) is 0.476. The number of nitrogens with one attached hydrogen (secondary N) is 2. The lowest BCUT2D eigenvalue weighted by Gasteiger charge is -2.22. The van der Waals surface area contributed by atoms with Gasteiger partial charge in [-0.15, -0.1) is 0 Å². The Kier molecular flexibility index (Phi) is 4.60. The number of rotatable bonds is 4. The van der Waals surface area contributed by atoms with E-state index >= 15 is 0 Å². The van der Waals surface area contributed by atoms with Crippen molar-refractivity contribution in [2.45, 2.75) is 50.6 Å². The molecule has 5 rings (SSSR count). The van der Waals surface area contributed by atoms with Crippen molar-refractivity contribution in [2.24, 2.45) is 0 Å². The zero-order chi connectivity index (χ0) is 18.9. The van der Waals surface area contributed by atoms with Crippen LogP contribution in [0.3, 0.4) is 0 Å². The van der Waals surface area contributed by atoms with E-state index in [0.717, 1.165) is 49.8 Å². The molecule has 2 N–H and O–H groups in total. The van der Waals surface area contributed by atoms with E-state index in [0.29, 0.717) is 23.7 Å². The van der Waals surface area contributed by atoms with Crippen LogP contribution in [0, 0.1) is 0 Å². The fourth-order valence-electron chi connectivity index (χ4n) is 4.55. The summed E-state index contributed by atoms with van der Waals surface area (Å²) in [6, 6.07) is 10.6. The van der Waals surface area contributed by atoms with Gasteiger partial charge in [0.1, 0.15) is 0 Å². The number of nitrogens with zero attached hydrogens (tertiary/aromatic N) is 4. The van der Waals surface area contributed by atoms with Crippen molar-refractivity contribution in [3.05, 3.63) is 42.2 Å². The number of hydrogen-bond donors (Lipinski definition) is 2. The number of fused-ring (bicyclic) bond motifs is 1. The molecule has 2 aliphatic rings. The average Bonchev–Trinajstić information content (AvgIpc) is 3.47. The second kappa shape index (κ2) is 7.39. The molecular weight excluding hydrogens is 352 g/mol. The Balaban J connectivity index is 1.41. The van der Waals surface area contributed by atoms with Gasteiger partial charge in [-0.05, 0) is 50.4 Å². The zero-order valence-electron chi connectivity index (χ0n) is 16.0. The van der Waals surface area contributed by atoms with Gasteiger partial charge < -0.3 is 9.88 Å². The molecule has 7 heteroatoms. The molecule has 1 aromatic carbocycles. The van der Waals surface area contributed by atoms with Gasteiger partial charge in [0, 0.05) is 18.8 Å². The van der Waals surface area contributed by atoms with E-state index in [1.54, 1.807) is 6.07 Å². The molecular formula is C21H26N6O. The zero-order valence-corrected chi connectivity index (χ0v) is 16.0. The number of anilines is 1. The summed E-state index contributed by atoms with van der Waals surface area (Å²) in [7, 11) is 0. The molecule has 2 aromatic heterocycles. The summed E-state index contributed by atoms with van der Waals surface area (Å²) in [6.07, 6.45) is 8.85. The molecule has 3 heterocycles. The summed E-state index contributed by atoms with van der Waals surface area (Å²) < 4.78 is 4.13. The third kappa shape index (κ3) is 3.20. The van der Waals surface area contributed by atoms with Crippen LogP contribution in [0.2, 0.25) is 0 Å². The molecule has 1 saturated heterocycles. The predicted octanol–water partition coefficient (Wildman–Crippen LogP) is 3.52. The molecule has 0 bridgehead atoms.